The van der Waals surface area contributed by atoms with Crippen LogP contribution in [0.5, 0.6) is 0 Å². The van der Waals surface area contributed by atoms with Gasteiger partial charge in [-0.1, -0.05) is 38.1 Å². The van der Waals surface area contributed by atoms with Crippen molar-refractivity contribution in [1.29, 1.82) is 0 Å². The number of hydrogen-bond acceptors (Lipinski definition) is 3. The molecular formula is C31H32FN5. The van der Waals surface area contributed by atoms with E-state index in [9.17, 15) is 4.39 Å². The maximum absolute atomic E-state index is 14.7. The lowest BCUT2D eigenvalue weighted by Gasteiger charge is -2.32. The van der Waals surface area contributed by atoms with E-state index in [0.29, 0.717) is 5.52 Å². The van der Waals surface area contributed by atoms with Crippen LogP contribution in [-0.2, 0) is 31.5 Å². The normalized spacial score (nSPS) is 14.9. The number of aryl methyl sites for hydroxylation is 2. The highest BCUT2D eigenvalue weighted by Crippen LogP contribution is 2.46. The number of fused-ring (bicyclic) bond motifs is 2. The number of benzene rings is 2. The van der Waals surface area contributed by atoms with Crippen molar-refractivity contribution in [3.8, 4) is 16.9 Å². The Labute approximate surface area is 217 Å². The van der Waals surface area contributed by atoms with E-state index in [0.717, 1.165) is 54.0 Å². The summed E-state index contributed by atoms with van der Waals surface area (Å²) in [5.41, 5.74) is 9.44. The summed E-state index contributed by atoms with van der Waals surface area (Å²) in [7, 11) is 0. The number of H-pyrrole nitrogens is 1. The molecule has 0 spiro atoms. The van der Waals surface area contributed by atoms with Crippen LogP contribution in [0.4, 0.5) is 4.39 Å². The molecule has 5 nitrogen and oxygen atoms in total. The lowest BCUT2D eigenvalue weighted by molar-refractivity contribution is 0.123. The smallest absolute Gasteiger partial charge is 0.147 e. The Hall–Kier alpha value is -3.77. The minimum Gasteiger partial charge on any atom is -0.359 e. The number of rotatable bonds is 6. The number of halogens is 1. The maximum Gasteiger partial charge on any atom is 0.147 e. The Morgan fingerprint density at radius 1 is 1.00 bits per heavy atom. The number of aromatic amines is 1. The Kier molecular flexibility index (Phi) is 5.72. The number of para-hydroxylation sites is 1. The van der Waals surface area contributed by atoms with Crippen molar-refractivity contribution in [3.63, 3.8) is 0 Å². The van der Waals surface area contributed by atoms with Crippen molar-refractivity contribution in [1.82, 2.24) is 24.6 Å². The van der Waals surface area contributed by atoms with Gasteiger partial charge in [-0.2, -0.15) is 5.10 Å². The predicted octanol–water partition coefficient (Wildman–Crippen LogP) is 6.93. The lowest BCUT2D eigenvalue weighted by atomic mass is 9.97. The molecule has 2 aromatic carbocycles. The van der Waals surface area contributed by atoms with Gasteiger partial charge in [0.25, 0.3) is 0 Å². The molecule has 6 heteroatoms. The SMILES string of the molecule is CCc1cccc(CC)c1-n1nc2c(c1-c1ccc(F)c3[nH]ccc13)CN(Cc1cccnc1)C2(C)C. The molecule has 0 amide bonds. The summed E-state index contributed by atoms with van der Waals surface area (Å²) < 4.78 is 16.9. The maximum atomic E-state index is 14.7. The van der Waals surface area contributed by atoms with Gasteiger partial charge in [0.2, 0.25) is 0 Å². The molecule has 0 atom stereocenters. The van der Waals surface area contributed by atoms with Crippen LogP contribution in [0, 0.1) is 5.82 Å². The number of hydrogen-bond donors (Lipinski definition) is 1. The van der Waals surface area contributed by atoms with Crippen molar-refractivity contribution in [3.05, 3.63) is 101 Å². The highest BCUT2D eigenvalue weighted by molar-refractivity contribution is 5.96. The third-order valence-electron chi connectivity index (χ3n) is 7.90. The molecule has 5 aromatic rings. The van der Waals surface area contributed by atoms with Crippen LogP contribution in [0.3, 0.4) is 0 Å². The molecule has 4 heterocycles. The Balaban J connectivity index is 1.61. The van der Waals surface area contributed by atoms with Gasteiger partial charge in [0.05, 0.1) is 28.1 Å². The van der Waals surface area contributed by atoms with Crippen LogP contribution < -0.4 is 0 Å². The first-order chi connectivity index (χ1) is 17.9. The second-order valence-corrected chi connectivity index (χ2v) is 10.4. The zero-order valence-electron chi connectivity index (χ0n) is 21.8. The first-order valence-electron chi connectivity index (χ1n) is 13.1. The molecule has 3 aromatic heterocycles. The molecule has 37 heavy (non-hydrogen) atoms. The fourth-order valence-electron chi connectivity index (χ4n) is 5.85. The minimum absolute atomic E-state index is 0.242. The predicted molar refractivity (Wildman–Crippen MR) is 146 cm³/mol. The second-order valence-electron chi connectivity index (χ2n) is 10.4. The number of pyridine rings is 1. The Morgan fingerprint density at radius 3 is 2.49 bits per heavy atom. The number of nitrogens with zero attached hydrogens (tertiary/aromatic N) is 4. The third-order valence-corrected chi connectivity index (χ3v) is 7.90. The van der Waals surface area contributed by atoms with Gasteiger partial charge in [-0.15, -0.1) is 0 Å². The molecule has 0 saturated heterocycles. The first kappa shape index (κ1) is 23.6. The van der Waals surface area contributed by atoms with E-state index in [1.165, 1.54) is 22.3 Å². The topological polar surface area (TPSA) is 49.7 Å². The van der Waals surface area contributed by atoms with Crippen LogP contribution in [-0.4, -0.2) is 24.6 Å². The van der Waals surface area contributed by atoms with Gasteiger partial charge in [0.15, 0.2) is 0 Å². The average molecular weight is 494 g/mol. The van der Waals surface area contributed by atoms with Crippen molar-refractivity contribution in [2.75, 3.05) is 0 Å². The van der Waals surface area contributed by atoms with E-state index in [4.69, 9.17) is 5.10 Å². The van der Waals surface area contributed by atoms with E-state index in [1.54, 1.807) is 6.07 Å². The summed E-state index contributed by atoms with van der Waals surface area (Å²) in [5.74, 6) is -0.242. The van der Waals surface area contributed by atoms with Crippen LogP contribution >= 0.6 is 0 Å². The molecule has 0 fully saturated rings. The highest BCUT2D eigenvalue weighted by Gasteiger charge is 2.43. The summed E-state index contributed by atoms with van der Waals surface area (Å²) >= 11 is 0. The van der Waals surface area contributed by atoms with Crippen LogP contribution in [0.15, 0.2) is 67.1 Å². The van der Waals surface area contributed by atoms with Gasteiger partial charge < -0.3 is 4.98 Å². The van der Waals surface area contributed by atoms with Gasteiger partial charge in [-0.25, -0.2) is 9.07 Å². The summed E-state index contributed by atoms with van der Waals surface area (Å²) in [6, 6.07) is 16.1. The molecule has 1 aliphatic heterocycles. The molecule has 1 aliphatic rings. The Bertz CT molecular complexity index is 1570. The zero-order chi connectivity index (χ0) is 25.7. The summed E-state index contributed by atoms with van der Waals surface area (Å²) in [5, 5.41) is 6.24. The first-order valence-corrected chi connectivity index (χ1v) is 13.1. The number of aromatic nitrogens is 4. The van der Waals surface area contributed by atoms with E-state index in [1.807, 2.05) is 36.8 Å². The third kappa shape index (κ3) is 3.70. The number of nitrogens with one attached hydrogen (secondary N) is 1. The highest BCUT2D eigenvalue weighted by atomic mass is 19.1. The molecular weight excluding hydrogens is 461 g/mol. The molecule has 0 bridgehead atoms. The molecule has 0 aliphatic carbocycles. The quantitative estimate of drug-likeness (QED) is 0.279. The Morgan fingerprint density at radius 2 is 1.78 bits per heavy atom. The molecule has 6 rings (SSSR count). The van der Waals surface area contributed by atoms with E-state index >= 15 is 0 Å². The molecule has 188 valence electrons. The molecule has 0 unspecified atom stereocenters. The lowest BCUT2D eigenvalue weighted by Crippen LogP contribution is -2.35. The van der Waals surface area contributed by atoms with E-state index < -0.39 is 0 Å². The van der Waals surface area contributed by atoms with Crippen LogP contribution in [0.2, 0.25) is 0 Å². The average Bonchev–Trinajstić information content (AvgIpc) is 3.60. The van der Waals surface area contributed by atoms with E-state index in [2.05, 4.69) is 71.5 Å². The summed E-state index contributed by atoms with van der Waals surface area (Å²) in [6.07, 6.45) is 7.37. The van der Waals surface area contributed by atoms with Gasteiger partial charge >= 0.3 is 0 Å². The van der Waals surface area contributed by atoms with Gasteiger partial charge in [-0.3, -0.25) is 9.88 Å². The van der Waals surface area contributed by atoms with Crippen molar-refractivity contribution < 1.29 is 4.39 Å². The van der Waals surface area contributed by atoms with Gasteiger partial charge in [0.1, 0.15) is 5.82 Å². The van der Waals surface area contributed by atoms with Gasteiger partial charge in [-0.05, 0) is 67.6 Å². The summed E-state index contributed by atoms with van der Waals surface area (Å²) in [4.78, 5) is 9.88. The molecule has 1 N–H and O–H groups in total. The monoisotopic (exact) mass is 493 g/mol. The second kappa shape index (κ2) is 8.96. The largest absolute Gasteiger partial charge is 0.359 e. The van der Waals surface area contributed by atoms with E-state index in [-0.39, 0.29) is 11.4 Å². The van der Waals surface area contributed by atoms with Crippen LogP contribution in [0.25, 0.3) is 27.8 Å². The van der Waals surface area contributed by atoms with Gasteiger partial charge in [0, 0.05) is 48.2 Å². The fourth-order valence-corrected chi connectivity index (χ4v) is 5.85. The standard InChI is InChI=1S/C31H32FN5/c1-5-21-10-7-11-22(6-2)28(21)37-29(24-12-13-26(32)27-23(24)14-16-34-27)25-19-36(31(3,4)30(25)35-37)18-20-9-8-15-33-17-20/h7-17,34H,5-6,18-19H2,1-4H3. The molecule has 0 radical (unpaired) electrons. The van der Waals surface area contributed by atoms with Crippen molar-refractivity contribution in [2.45, 2.75) is 59.2 Å². The van der Waals surface area contributed by atoms with Crippen molar-refractivity contribution in [2.24, 2.45) is 0 Å². The van der Waals surface area contributed by atoms with Crippen molar-refractivity contribution >= 4 is 10.9 Å². The molecule has 0 saturated carbocycles. The van der Waals surface area contributed by atoms with Crippen LogP contribution in [0.1, 0.15) is 55.6 Å². The minimum atomic E-state index is -0.282. The zero-order valence-corrected chi connectivity index (χ0v) is 21.8. The fraction of sp³-hybridized carbons (Fsp3) is 0.290. The summed E-state index contributed by atoms with van der Waals surface area (Å²) in [6.45, 7) is 10.4.